The second-order valence-corrected chi connectivity index (χ2v) is 5.57. The Labute approximate surface area is 111 Å². The lowest BCUT2D eigenvalue weighted by Crippen LogP contribution is -2.43. The molecule has 1 aliphatic carbocycles. The van der Waals surface area contributed by atoms with Gasteiger partial charge in [-0.25, -0.2) is 0 Å². The molecule has 0 aromatic heterocycles. The molecule has 0 amide bonds. The van der Waals surface area contributed by atoms with Gasteiger partial charge in [-0.15, -0.1) is 0 Å². The lowest BCUT2D eigenvalue weighted by atomic mass is 9.90. The molecule has 100 valence electrons. The molecule has 2 nitrogen and oxygen atoms in total. The van der Waals surface area contributed by atoms with E-state index in [0.717, 1.165) is 6.42 Å². The SMILES string of the molecule is CCC(Cc1ccccc1)NC1CCC(N)CC1. The standard InChI is InChI=1S/C16H26N2/c1-2-15(12-13-6-4-3-5-7-13)18-16-10-8-14(17)9-11-16/h3-7,14-16,18H,2,8-12,17H2,1H3. The predicted octanol–water partition coefficient (Wildman–Crippen LogP) is 2.87. The number of hydrogen-bond acceptors (Lipinski definition) is 2. The smallest absolute Gasteiger partial charge is 0.0107 e. The zero-order valence-electron chi connectivity index (χ0n) is 11.4. The van der Waals surface area contributed by atoms with Gasteiger partial charge in [0.05, 0.1) is 0 Å². The minimum absolute atomic E-state index is 0.442. The highest BCUT2D eigenvalue weighted by molar-refractivity contribution is 5.15. The van der Waals surface area contributed by atoms with Gasteiger partial charge in [0.2, 0.25) is 0 Å². The molecular weight excluding hydrogens is 220 g/mol. The van der Waals surface area contributed by atoms with Crippen molar-refractivity contribution in [1.29, 1.82) is 0 Å². The van der Waals surface area contributed by atoms with Gasteiger partial charge in [-0.1, -0.05) is 37.3 Å². The number of nitrogens with one attached hydrogen (secondary N) is 1. The lowest BCUT2D eigenvalue weighted by molar-refractivity contribution is 0.309. The first-order valence-corrected chi connectivity index (χ1v) is 7.33. The average Bonchev–Trinajstić information content (AvgIpc) is 2.41. The second kappa shape index (κ2) is 6.91. The van der Waals surface area contributed by atoms with Gasteiger partial charge in [0.1, 0.15) is 0 Å². The Hall–Kier alpha value is -0.860. The molecular formula is C16H26N2. The van der Waals surface area contributed by atoms with E-state index in [1.807, 2.05) is 0 Å². The summed E-state index contributed by atoms with van der Waals surface area (Å²) < 4.78 is 0. The van der Waals surface area contributed by atoms with E-state index in [1.165, 1.54) is 37.7 Å². The van der Waals surface area contributed by atoms with Gasteiger partial charge in [0.15, 0.2) is 0 Å². The van der Waals surface area contributed by atoms with Crippen LogP contribution in [-0.4, -0.2) is 18.1 Å². The van der Waals surface area contributed by atoms with Crippen LogP contribution in [0.3, 0.4) is 0 Å². The predicted molar refractivity (Wildman–Crippen MR) is 77.6 cm³/mol. The molecule has 0 saturated heterocycles. The molecule has 1 saturated carbocycles. The summed E-state index contributed by atoms with van der Waals surface area (Å²) in [6.45, 7) is 2.27. The van der Waals surface area contributed by atoms with E-state index in [-0.39, 0.29) is 0 Å². The summed E-state index contributed by atoms with van der Waals surface area (Å²) in [6.07, 6.45) is 7.18. The molecule has 1 aromatic rings. The maximum atomic E-state index is 5.96. The summed E-state index contributed by atoms with van der Waals surface area (Å²) >= 11 is 0. The maximum absolute atomic E-state index is 5.96. The minimum atomic E-state index is 0.442. The Morgan fingerprint density at radius 3 is 2.44 bits per heavy atom. The molecule has 0 spiro atoms. The molecule has 1 aromatic carbocycles. The molecule has 0 radical (unpaired) electrons. The third-order valence-electron chi connectivity index (χ3n) is 4.06. The van der Waals surface area contributed by atoms with Crippen LogP contribution in [0.15, 0.2) is 30.3 Å². The fourth-order valence-corrected chi connectivity index (χ4v) is 2.84. The summed E-state index contributed by atoms with van der Waals surface area (Å²) in [5, 5.41) is 3.82. The molecule has 0 bridgehead atoms. The van der Waals surface area contributed by atoms with Gasteiger partial charge >= 0.3 is 0 Å². The molecule has 1 aliphatic rings. The van der Waals surface area contributed by atoms with E-state index >= 15 is 0 Å². The van der Waals surface area contributed by atoms with Gasteiger partial charge in [0.25, 0.3) is 0 Å². The minimum Gasteiger partial charge on any atom is -0.328 e. The van der Waals surface area contributed by atoms with Gasteiger partial charge in [-0.05, 0) is 44.1 Å². The molecule has 2 rings (SSSR count). The van der Waals surface area contributed by atoms with Crippen molar-refractivity contribution in [2.45, 2.75) is 63.6 Å². The van der Waals surface area contributed by atoms with E-state index in [9.17, 15) is 0 Å². The zero-order chi connectivity index (χ0) is 12.8. The topological polar surface area (TPSA) is 38.0 Å². The highest BCUT2D eigenvalue weighted by Crippen LogP contribution is 2.18. The average molecular weight is 246 g/mol. The summed E-state index contributed by atoms with van der Waals surface area (Å²) in [5.74, 6) is 0. The van der Waals surface area contributed by atoms with E-state index in [4.69, 9.17) is 5.73 Å². The molecule has 2 heteroatoms. The first-order chi connectivity index (χ1) is 8.78. The van der Waals surface area contributed by atoms with Crippen LogP contribution in [0.5, 0.6) is 0 Å². The fourth-order valence-electron chi connectivity index (χ4n) is 2.84. The van der Waals surface area contributed by atoms with Crippen molar-refractivity contribution < 1.29 is 0 Å². The molecule has 0 aliphatic heterocycles. The van der Waals surface area contributed by atoms with Gasteiger partial charge in [-0.3, -0.25) is 0 Å². The number of benzene rings is 1. The highest BCUT2D eigenvalue weighted by Gasteiger charge is 2.20. The van der Waals surface area contributed by atoms with Gasteiger partial charge in [0, 0.05) is 18.1 Å². The molecule has 0 heterocycles. The first-order valence-electron chi connectivity index (χ1n) is 7.33. The van der Waals surface area contributed by atoms with Crippen LogP contribution < -0.4 is 11.1 Å². The fraction of sp³-hybridized carbons (Fsp3) is 0.625. The van der Waals surface area contributed by atoms with Gasteiger partial charge in [-0.2, -0.15) is 0 Å². The van der Waals surface area contributed by atoms with Crippen LogP contribution in [0.25, 0.3) is 0 Å². The van der Waals surface area contributed by atoms with Crippen LogP contribution >= 0.6 is 0 Å². The summed E-state index contributed by atoms with van der Waals surface area (Å²) in [5.41, 5.74) is 7.39. The number of hydrogen-bond donors (Lipinski definition) is 2. The summed E-state index contributed by atoms with van der Waals surface area (Å²) in [4.78, 5) is 0. The Bertz CT molecular complexity index is 328. The van der Waals surface area contributed by atoms with Crippen molar-refractivity contribution in [3.05, 3.63) is 35.9 Å². The second-order valence-electron chi connectivity index (χ2n) is 5.57. The van der Waals surface area contributed by atoms with Crippen LogP contribution in [0.1, 0.15) is 44.6 Å². The normalized spacial score (nSPS) is 25.9. The largest absolute Gasteiger partial charge is 0.328 e. The highest BCUT2D eigenvalue weighted by atomic mass is 15.0. The molecule has 1 fully saturated rings. The Balaban J connectivity index is 1.82. The van der Waals surface area contributed by atoms with Crippen molar-refractivity contribution in [3.8, 4) is 0 Å². The van der Waals surface area contributed by atoms with E-state index < -0.39 is 0 Å². The quantitative estimate of drug-likeness (QED) is 0.838. The van der Waals surface area contributed by atoms with Crippen molar-refractivity contribution in [1.82, 2.24) is 5.32 Å². The number of rotatable bonds is 5. The van der Waals surface area contributed by atoms with Crippen LogP contribution in [-0.2, 0) is 6.42 Å². The van der Waals surface area contributed by atoms with Crippen molar-refractivity contribution in [3.63, 3.8) is 0 Å². The first kappa shape index (κ1) is 13.6. The maximum Gasteiger partial charge on any atom is 0.0107 e. The van der Waals surface area contributed by atoms with E-state index in [1.54, 1.807) is 0 Å². The van der Waals surface area contributed by atoms with E-state index in [0.29, 0.717) is 18.1 Å². The zero-order valence-corrected chi connectivity index (χ0v) is 11.4. The molecule has 1 unspecified atom stereocenters. The Kier molecular flexibility index (Phi) is 5.21. The molecule has 18 heavy (non-hydrogen) atoms. The van der Waals surface area contributed by atoms with Gasteiger partial charge < -0.3 is 11.1 Å². The summed E-state index contributed by atoms with van der Waals surface area (Å²) in [6, 6.07) is 12.5. The number of nitrogens with two attached hydrogens (primary N) is 1. The third kappa shape index (κ3) is 4.11. The van der Waals surface area contributed by atoms with Crippen LogP contribution in [0, 0.1) is 0 Å². The Morgan fingerprint density at radius 2 is 1.83 bits per heavy atom. The monoisotopic (exact) mass is 246 g/mol. The molecule has 1 atom stereocenters. The Morgan fingerprint density at radius 1 is 1.17 bits per heavy atom. The van der Waals surface area contributed by atoms with Crippen molar-refractivity contribution >= 4 is 0 Å². The lowest BCUT2D eigenvalue weighted by Gasteiger charge is -2.30. The van der Waals surface area contributed by atoms with E-state index in [2.05, 4.69) is 42.6 Å². The van der Waals surface area contributed by atoms with Crippen molar-refractivity contribution in [2.75, 3.05) is 0 Å². The third-order valence-corrected chi connectivity index (χ3v) is 4.06. The molecule has 3 N–H and O–H groups in total. The van der Waals surface area contributed by atoms with Crippen LogP contribution in [0.2, 0.25) is 0 Å². The van der Waals surface area contributed by atoms with Crippen molar-refractivity contribution in [2.24, 2.45) is 5.73 Å². The summed E-state index contributed by atoms with van der Waals surface area (Å²) in [7, 11) is 0. The van der Waals surface area contributed by atoms with Crippen LogP contribution in [0.4, 0.5) is 0 Å².